The lowest BCUT2D eigenvalue weighted by molar-refractivity contribution is -0.106. The van der Waals surface area contributed by atoms with Crippen molar-refractivity contribution < 1.29 is 0 Å². The average molecular weight is 198 g/mol. The normalized spacial score (nSPS) is 41.3. The van der Waals surface area contributed by atoms with Crippen LogP contribution in [0.3, 0.4) is 0 Å². The topological polar surface area (TPSA) is 0 Å². The van der Waals surface area contributed by atoms with Gasteiger partial charge in [-0.15, -0.1) is 0 Å². The second-order valence-corrected chi connectivity index (χ2v) is 6.01. The van der Waals surface area contributed by atoms with Crippen LogP contribution in [0.5, 0.6) is 0 Å². The van der Waals surface area contributed by atoms with Gasteiger partial charge in [-0.25, -0.2) is 0 Å². The largest absolute Gasteiger partial charge is 0.179 e. The molecule has 0 amide bonds. The van der Waals surface area contributed by atoms with Crippen LogP contribution in [-0.4, -0.2) is 5.75 Å². The van der Waals surface area contributed by atoms with E-state index in [2.05, 4.69) is 26.5 Å². The third-order valence-electron chi connectivity index (χ3n) is 4.73. The molecule has 3 atom stereocenters. The summed E-state index contributed by atoms with van der Waals surface area (Å²) in [5, 5.41) is 0. The molecule has 3 aliphatic carbocycles. The number of fused-ring (bicyclic) bond motifs is 2. The molecular formula is C12H22S. The molecule has 3 aliphatic rings. The lowest BCUT2D eigenvalue weighted by Crippen LogP contribution is -2.52. The van der Waals surface area contributed by atoms with E-state index in [1.54, 1.807) is 0 Å². The summed E-state index contributed by atoms with van der Waals surface area (Å²) in [7, 11) is 0. The highest BCUT2D eigenvalue weighted by molar-refractivity contribution is 7.80. The predicted octanol–water partition coefficient (Wildman–Crippen LogP) is 3.77. The van der Waals surface area contributed by atoms with Gasteiger partial charge in [0.25, 0.3) is 0 Å². The molecule has 0 heterocycles. The zero-order valence-electron chi connectivity index (χ0n) is 8.92. The summed E-state index contributed by atoms with van der Waals surface area (Å²) < 4.78 is 0. The Kier molecular flexibility index (Phi) is 2.65. The average Bonchev–Trinajstić information content (AvgIpc) is 2.14. The smallest absolute Gasteiger partial charge is 0.00978 e. The van der Waals surface area contributed by atoms with Crippen LogP contribution < -0.4 is 0 Å². The summed E-state index contributed by atoms with van der Waals surface area (Å²) in [5.41, 5.74) is 0.680. The lowest BCUT2D eigenvalue weighted by atomic mass is 9.45. The van der Waals surface area contributed by atoms with Crippen LogP contribution in [-0.2, 0) is 0 Å². The Morgan fingerprint density at radius 1 is 1.31 bits per heavy atom. The summed E-state index contributed by atoms with van der Waals surface area (Å²) in [6.07, 6.45) is 7.30. The van der Waals surface area contributed by atoms with Crippen LogP contribution in [0.25, 0.3) is 0 Å². The highest BCUT2D eigenvalue weighted by Gasteiger charge is 2.53. The summed E-state index contributed by atoms with van der Waals surface area (Å²) in [6, 6.07) is 0. The van der Waals surface area contributed by atoms with Gasteiger partial charge in [0.15, 0.2) is 0 Å². The third-order valence-corrected chi connectivity index (χ3v) is 5.05. The van der Waals surface area contributed by atoms with Crippen LogP contribution in [0.2, 0.25) is 0 Å². The molecule has 3 saturated carbocycles. The van der Waals surface area contributed by atoms with Crippen molar-refractivity contribution in [1.29, 1.82) is 0 Å². The second kappa shape index (κ2) is 3.49. The molecule has 76 valence electrons. The molecule has 1 heteroatoms. The van der Waals surface area contributed by atoms with Gasteiger partial charge >= 0.3 is 0 Å². The van der Waals surface area contributed by atoms with E-state index in [1.807, 2.05) is 0 Å². The molecular weight excluding hydrogens is 176 g/mol. The molecule has 3 unspecified atom stereocenters. The number of rotatable bonds is 3. The predicted molar refractivity (Wildman–Crippen MR) is 61.2 cm³/mol. The van der Waals surface area contributed by atoms with Gasteiger partial charge in [0.1, 0.15) is 0 Å². The van der Waals surface area contributed by atoms with Crippen molar-refractivity contribution in [2.75, 3.05) is 5.75 Å². The Labute approximate surface area is 87.9 Å². The minimum Gasteiger partial charge on any atom is -0.179 e. The molecule has 0 aromatic heterocycles. The maximum atomic E-state index is 4.31. The third kappa shape index (κ3) is 1.54. The summed E-state index contributed by atoms with van der Waals surface area (Å²) >= 11 is 4.31. The van der Waals surface area contributed by atoms with Gasteiger partial charge in [-0.05, 0) is 61.0 Å². The minimum atomic E-state index is 0.680. The van der Waals surface area contributed by atoms with Gasteiger partial charge in [0.2, 0.25) is 0 Å². The molecule has 0 radical (unpaired) electrons. The van der Waals surface area contributed by atoms with E-state index >= 15 is 0 Å². The fourth-order valence-corrected chi connectivity index (χ4v) is 3.84. The Bertz CT molecular complexity index is 184. The molecule has 0 aromatic rings. The van der Waals surface area contributed by atoms with Gasteiger partial charge in [0.05, 0.1) is 0 Å². The van der Waals surface area contributed by atoms with Gasteiger partial charge in [0, 0.05) is 0 Å². The summed E-state index contributed by atoms with van der Waals surface area (Å²) in [5.74, 6) is 4.22. The van der Waals surface area contributed by atoms with Crippen LogP contribution in [0.1, 0.15) is 46.0 Å². The zero-order valence-corrected chi connectivity index (χ0v) is 9.82. The molecule has 0 aromatic carbocycles. The Hall–Kier alpha value is 0.350. The monoisotopic (exact) mass is 198 g/mol. The Morgan fingerprint density at radius 3 is 2.62 bits per heavy atom. The standard InChI is InChI=1S/C12H22S/c1-12(2)10-6-5-9(4-3-7-13)11(12)8-10/h9-11,13H,3-8H2,1-2H3. The maximum Gasteiger partial charge on any atom is -0.00978 e. The molecule has 0 saturated heterocycles. The quantitative estimate of drug-likeness (QED) is 0.656. The van der Waals surface area contributed by atoms with E-state index in [1.165, 1.54) is 32.1 Å². The van der Waals surface area contributed by atoms with E-state index in [0.29, 0.717) is 5.41 Å². The summed E-state index contributed by atoms with van der Waals surface area (Å²) in [4.78, 5) is 0. The van der Waals surface area contributed by atoms with Gasteiger partial charge in [-0.2, -0.15) is 12.6 Å². The van der Waals surface area contributed by atoms with E-state index < -0.39 is 0 Å². The van der Waals surface area contributed by atoms with E-state index in [0.717, 1.165) is 23.5 Å². The van der Waals surface area contributed by atoms with Gasteiger partial charge in [-0.3, -0.25) is 0 Å². The first kappa shape index (κ1) is 9.89. The first-order chi connectivity index (χ1) is 6.16. The fourth-order valence-electron chi connectivity index (χ4n) is 3.66. The maximum absolute atomic E-state index is 4.31. The Balaban J connectivity index is 1.91. The van der Waals surface area contributed by atoms with Gasteiger partial charge < -0.3 is 0 Å². The van der Waals surface area contributed by atoms with E-state index in [-0.39, 0.29) is 0 Å². The Morgan fingerprint density at radius 2 is 2.08 bits per heavy atom. The molecule has 0 nitrogen and oxygen atoms in total. The number of hydrogen-bond donors (Lipinski definition) is 1. The van der Waals surface area contributed by atoms with Crippen molar-refractivity contribution in [1.82, 2.24) is 0 Å². The first-order valence-electron chi connectivity index (χ1n) is 5.77. The van der Waals surface area contributed by atoms with Crippen LogP contribution in [0, 0.1) is 23.2 Å². The SMILES string of the molecule is CC1(C)C2CCC(CCCS)C1C2. The fraction of sp³-hybridized carbons (Fsp3) is 1.00. The molecule has 0 N–H and O–H groups in total. The highest BCUT2D eigenvalue weighted by atomic mass is 32.1. The molecule has 3 rings (SSSR count). The number of hydrogen-bond acceptors (Lipinski definition) is 1. The van der Waals surface area contributed by atoms with Crippen molar-refractivity contribution in [3.8, 4) is 0 Å². The molecule has 0 spiro atoms. The molecule has 13 heavy (non-hydrogen) atoms. The second-order valence-electron chi connectivity index (χ2n) is 5.56. The van der Waals surface area contributed by atoms with Crippen LogP contribution >= 0.6 is 12.6 Å². The highest BCUT2D eigenvalue weighted by Crippen LogP contribution is 2.62. The van der Waals surface area contributed by atoms with E-state index in [4.69, 9.17) is 0 Å². The lowest BCUT2D eigenvalue weighted by Gasteiger charge is -2.60. The van der Waals surface area contributed by atoms with Crippen molar-refractivity contribution in [2.45, 2.75) is 46.0 Å². The first-order valence-corrected chi connectivity index (χ1v) is 6.40. The van der Waals surface area contributed by atoms with Crippen molar-refractivity contribution >= 4 is 12.6 Å². The minimum absolute atomic E-state index is 0.680. The summed E-state index contributed by atoms with van der Waals surface area (Å²) in [6.45, 7) is 4.97. The van der Waals surface area contributed by atoms with Crippen molar-refractivity contribution in [3.05, 3.63) is 0 Å². The van der Waals surface area contributed by atoms with Crippen LogP contribution in [0.4, 0.5) is 0 Å². The number of thiol groups is 1. The molecule has 0 aliphatic heterocycles. The van der Waals surface area contributed by atoms with Gasteiger partial charge in [-0.1, -0.05) is 13.8 Å². The van der Waals surface area contributed by atoms with Crippen LogP contribution in [0.15, 0.2) is 0 Å². The molecule has 2 bridgehead atoms. The zero-order chi connectivity index (χ0) is 9.47. The van der Waals surface area contributed by atoms with Crippen molar-refractivity contribution in [2.24, 2.45) is 23.2 Å². The van der Waals surface area contributed by atoms with E-state index in [9.17, 15) is 0 Å². The van der Waals surface area contributed by atoms with Crippen molar-refractivity contribution in [3.63, 3.8) is 0 Å². The molecule has 3 fully saturated rings.